The van der Waals surface area contributed by atoms with Gasteiger partial charge in [0.25, 0.3) is 0 Å². The van der Waals surface area contributed by atoms with E-state index in [0.717, 1.165) is 42.9 Å². The molecule has 0 spiro atoms. The molecule has 13 atom stereocenters. The molecule has 1 aliphatic rings. The van der Waals surface area contributed by atoms with Crippen LogP contribution in [0.15, 0.2) is 48.5 Å². The molecule has 26 heteroatoms. The molecule has 597 valence electrons. The van der Waals surface area contributed by atoms with E-state index in [1.807, 2.05) is 55.4 Å². The number of carbonyl (C=O) groups is 11. The molecule has 1 heterocycles. The van der Waals surface area contributed by atoms with Gasteiger partial charge in [-0.1, -0.05) is 150 Å². The summed E-state index contributed by atoms with van der Waals surface area (Å²) >= 11 is 0. The quantitative estimate of drug-likeness (QED) is 0.0752. The van der Waals surface area contributed by atoms with Gasteiger partial charge in [0.1, 0.15) is 54.4 Å². The van der Waals surface area contributed by atoms with Crippen molar-refractivity contribution >= 4 is 65.0 Å². The number of hydrogen-bond acceptors (Lipinski definition) is 13. The molecule has 0 aliphatic carbocycles. The molecule has 1 saturated heterocycles. The Hall–Kier alpha value is -5.68. The van der Waals surface area contributed by atoms with Crippen LogP contribution >= 0.6 is 0 Å². The van der Waals surface area contributed by atoms with E-state index in [4.69, 9.17) is 0 Å². The molecule has 0 saturated carbocycles. The van der Waals surface area contributed by atoms with Gasteiger partial charge in [0.15, 0.2) is 0 Å². The number of benzene rings is 2. The largest absolute Gasteiger partial charge is 2.00 e. The first-order chi connectivity index (χ1) is 47.4. The number of aliphatic hydroxyl groups is 1. The van der Waals surface area contributed by atoms with Gasteiger partial charge in [-0.15, -0.1) is 6.42 Å². The Morgan fingerprint density at radius 1 is 0.491 bits per heavy atom. The van der Waals surface area contributed by atoms with Crippen molar-refractivity contribution in [3.05, 3.63) is 91.1 Å². The van der Waals surface area contributed by atoms with Crippen LogP contribution in [0.2, 0.25) is 0 Å². The summed E-state index contributed by atoms with van der Waals surface area (Å²) in [6, 6.07) is 2.40. The molecule has 1 fully saturated rings. The summed E-state index contributed by atoms with van der Waals surface area (Å²) in [6.07, 6.45) is -0.204. The maximum absolute atomic E-state index is 15.6. The molecular formula is C80H135N12O12WY-. The number of aliphatic hydroxyl groups excluding tert-OH is 1. The maximum Gasteiger partial charge on any atom is 2.00 e. The zero-order valence-corrected chi connectivity index (χ0v) is 74.1. The molecule has 106 heavy (non-hydrogen) atoms. The Bertz CT molecular complexity index is 3090. The number of rotatable bonds is 21. The van der Waals surface area contributed by atoms with Gasteiger partial charge in [-0.05, 0) is 125 Å². The van der Waals surface area contributed by atoms with E-state index in [1.54, 1.807) is 55.4 Å². The summed E-state index contributed by atoms with van der Waals surface area (Å²) in [5.41, 5.74) is 4.51. The van der Waals surface area contributed by atoms with E-state index in [1.165, 1.54) is 82.8 Å². The van der Waals surface area contributed by atoms with E-state index in [2.05, 4.69) is 81.6 Å². The number of hydrogen-bond donors (Lipinski definition) is 5. The topological polar surface area (TPSA) is 282 Å². The minimum atomic E-state index is -1.68. The van der Waals surface area contributed by atoms with E-state index in [-0.39, 0.29) is 118 Å². The van der Waals surface area contributed by atoms with Crippen molar-refractivity contribution in [2.24, 2.45) is 35.5 Å². The standard InChI is InChI=1S/C78H128N12O12.CH4.CH3.W.Y/c1-27-59-74(98)83(20)56(19)73(97)84(21)61(40-46(4)5)70(94)82-64(49(10)11)77(101)85(22)60(39-45(2)3)69(93)79-54(17)68(92)80-55(18)72(96)86(23)62(41-47(6)7)75(99)87(24)63(42-48(8)9)76(100)88(25)65(50(12)13)78(102)89(26)66(71(95)81-59)67(91)53(16)29-28-38-90(43-57-34-30-51(14)31-35-57)44-58-36-32-52(15)33-37-58;;;;/h30-37,45,47-50,53-56,59-67,91H,19,27-29,38-44H2,1-18,20-26H3,(H,79,93)(H,80,92)(H,81,95)(H,82,94);1H4;1H3;;/q-2;;-1;+2;/t53-,54+,55-,56-,59+,60+,61+,62+,63+,64+,65+,66+,67-;;;;/m1..../s1. The van der Waals surface area contributed by atoms with Gasteiger partial charge in [0.05, 0.1) is 12.1 Å². The Morgan fingerprint density at radius 3 is 1.33 bits per heavy atom. The van der Waals surface area contributed by atoms with E-state index >= 15 is 19.2 Å². The molecular weight excluding hydrogens is 1590 g/mol. The van der Waals surface area contributed by atoms with Crippen LogP contribution in [0.25, 0.3) is 0 Å². The smallest absolute Gasteiger partial charge is 0.390 e. The van der Waals surface area contributed by atoms with Crippen molar-refractivity contribution in [3.8, 4) is 0 Å². The first-order valence-electron chi connectivity index (χ1n) is 36.6. The van der Waals surface area contributed by atoms with Crippen LogP contribution in [0.5, 0.6) is 0 Å². The Kier molecular flexibility index (Phi) is 45.8. The second-order valence-corrected chi connectivity index (χ2v) is 31.1. The number of amides is 11. The number of nitrogens with one attached hydrogen (secondary N) is 4. The minimum absolute atomic E-state index is 0. The molecule has 2 aromatic rings. The molecule has 24 nitrogen and oxygen atoms in total. The Labute approximate surface area is 677 Å². The zero-order chi connectivity index (χ0) is 77.8. The second-order valence-electron chi connectivity index (χ2n) is 31.1. The van der Waals surface area contributed by atoms with Crippen molar-refractivity contribution in [2.45, 2.75) is 263 Å². The molecule has 0 bridgehead atoms. The predicted molar refractivity (Wildman–Crippen MR) is 412 cm³/mol. The summed E-state index contributed by atoms with van der Waals surface area (Å²) in [6.45, 7) is 38.1. The van der Waals surface area contributed by atoms with Crippen molar-refractivity contribution in [1.29, 1.82) is 0 Å². The van der Waals surface area contributed by atoms with Gasteiger partial charge in [0, 0.05) is 95.1 Å². The first-order valence-corrected chi connectivity index (χ1v) is 36.6. The summed E-state index contributed by atoms with van der Waals surface area (Å²) in [4.78, 5) is 174. The van der Waals surface area contributed by atoms with Crippen LogP contribution in [-0.4, -0.2) is 238 Å². The third kappa shape index (κ3) is 29.3. The van der Waals surface area contributed by atoms with Gasteiger partial charge < -0.3 is 80.9 Å². The van der Waals surface area contributed by atoms with Crippen LogP contribution in [0, 0.1) is 69.6 Å². The van der Waals surface area contributed by atoms with Crippen LogP contribution in [0.4, 0.5) is 0 Å². The monoisotopic (exact) mass is 1730 g/mol. The minimum Gasteiger partial charge on any atom is -0.390 e. The van der Waals surface area contributed by atoms with E-state index in [0.29, 0.717) is 32.5 Å². The van der Waals surface area contributed by atoms with Crippen LogP contribution < -0.4 is 21.3 Å². The summed E-state index contributed by atoms with van der Waals surface area (Å²) in [5, 5.41) is 23.9. The number of aryl methyl sites for hydroxylation is 2. The summed E-state index contributed by atoms with van der Waals surface area (Å²) < 4.78 is 0. The van der Waals surface area contributed by atoms with Gasteiger partial charge >= 0.3 is 21.1 Å². The molecule has 0 aromatic heterocycles. The first kappa shape index (κ1) is 102. The van der Waals surface area contributed by atoms with Gasteiger partial charge in [-0.2, -0.15) is 13.8 Å². The zero-order valence-electron chi connectivity index (χ0n) is 68.3. The van der Waals surface area contributed by atoms with Crippen molar-refractivity contribution in [3.63, 3.8) is 0 Å². The Morgan fingerprint density at radius 2 is 0.896 bits per heavy atom. The number of nitrogens with zero attached hydrogens (tertiary/aromatic N) is 8. The third-order valence-corrected chi connectivity index (χ3v) is 19.7. The SMILES string of the molecule is C.[CH2-][C@@H]1C(=O)N(C)[C@@H](C[C-](C)C)C(=O)N[C@@H](C(C)C)C(=O)N(C)[C@@H](CC(C)C)C(=O)N[C@@H](C)C(=O)N[C@H](C)C(=O)N(C)[C@@H](CC(C)C)C(=O)N(C)[C@@H](CC(C)C)C(=O)N(C)[C@@H](C(C)C)C(=O)N(C)[C@@H]([C@H](O)[C@H](C)CCCN(Cc2ccc(C)cc2)Cc2ccc(C)cc2)C(=O)N[C@@H](CC)C(=O)N1C.[CH3-].[W+2].[Y]. The summed E-state index contributed by atoms with van der Waals surface area (Å²) in [7, 11) is 9.91. The van der Waals surface area contributed by atoms with Gasteiger partial charge in [0.2, 0.25) is 65.0 Å². The van der Waals surface area contributed by atoms with Crippen LogP contribution in [0.3, 0.4) is 0 Å². The fraction of sp³-hybridized carbons (Fsp3) is 0.675. The number of carbonyl (C=O) groups excluding carboxylic acids is 11. The maximum atomic E-state index is 15.6. The third-order valence-electron chi connectivity index (χ3n) is 19.7. The molecule has 11 amide bonds. The van der Waals surface area contributed by atoms with Gasteiger partial charge in [-0.25, -0.2) is 0 Å². The molecule has 3 rings (SSSR count). The average Bonchev–Trinajstić information content (AvgIpc) is 0.800. The molecule has 5 N–H and O–H groups in total. The molecule has 1 aliphatic heterocycles. The fourth-order valence-electron chi connectivity index (χ4n) is 13.1. The molecule has 0 unspecified atom stereocenters. The fourth-order valence-corrected chi connectivity index (χ4v) is 13.1. The molecule has 1 radical (unpaired) electrons. The predicted octanol–water partition coefficient (Wildman–Crippen LogP) is 7.64. The normalized spacial score (nSPS) is 24.1. The number of likely N-dealkylation sites (N-methyl/N-ethyl adjacent to an activating group) is 7. The molecule has 2 aromatic carbocycles. The second kappa shape index (κ2) is 47.4. The van der Waals surface area contributed by atoms with E-state index in [9.17, 15) is 38.7 Å². The van der Waals surface area contributed by atoms with Crippen molar-refractivity contribution in [1.82, 2.24) is 60.5 Å². The van der Waals surface area contributed by atoms with Crippen LogP contribution in [-0.2, 0) is 120 Å². The van der Waals surface area contributed by atoms with E-state index < -0.39 is 155 Å². The Balaban J connectivity index is 0. The summed E-state index contributed by atoms with van der Waals surface area (Å²) in [5.74, 6) is -9.36. The van der Waals surface area contributed by atoms with Crippen molar-refractivity contribution < 1.29 is 112 Å². The average molecular weight is 1730 g/mol. The van der Waals surface area contributed by atoms with Crippen molar-refractivity contribution in [2.75, 3.05) is 55.9 Å². The van der Waals surface area contributed by atoms with Gasteiger partial charge in [-0.3, -0.25) is 57.6 Å². The van der Waals surface area contributed by atoms with Crippen LogP contribution in [0.1, 0.15) is 185 Å².